The van der Waals surface area contributed by atoms with Gasteiger partial charge in [0.05, 0.1) is 33.0 Å². The van der Waals surface area contributed by atoms with E-state index in [9.17, 15) is 19.8 Å². The lowest BCUT2D eigenvalue weighted by Crippen LogP contribution is -2.54. The van der Waals surface area contributed by atoms with E-state index in [1.165, 1.54) is 4.90 Å². The van der Waals surface area contributed by atoms with E-state index in [0.29, 0.717) is 17.9 Å². The monoisotopic (exact) mass is 754 g/mol. The van der Waals surface area contributed by atoms with Crippen LogP contribution in [-0.4, -0.2) is 84.1 Å². The van der Waals surface area contributed by atoms with Gasteiger partial charge >= 0.3 is 6.09 Å². The molecule has 1 fully saturated rings. The first-order valence-corrected chi connectivity index (χ1v) is 19.3. The molecule has 1 heterocycles. The molecule has 7 rings (SSSR count). The Balaban J connectivity index is 1.24. The predicted molar refractivity (Wildman–Crippen MR) is 216 cm³/mol. The molecule has 0 radical (unpaired) electrons. The zero-order valence-corrected chi connectivity index (χ0v) is 32.4. The normalized spacial score (nSPS) is 17.0. The van der Waals surface area contributed by atoms with Gasteiger partial charge in [-0.25, -0.2) is 4.79 Å². The minimum atomic E-state index is -1.15. The first-order valence-electron chi connectivity index (χ1n) is 19.3. The third-order valence-electron chi connectivity index (χ3n) is 11.3. The van der Waals surface area contributed by atoms with Crippen molar-refractivity contribution < 1.29 is 34.0 Å². The molecule has 9 heteroatoms. The molecule has 1 aliphatic heterocycles. The van der Waals surface area contributed by atoms with Crippen molar-refractivity contribution >= 4 is 12.0 Å². The fourth-order valence-electron chi connectivity index (χ4n) is 8.61. The van der Waals surface area contributed by atoms with E-state index >= 15 is 0 Å². The number of carbonyl (C=O) groups is 2. The zero-order chi connectivity index (χ0) is 39.4. The van der Waals surface area contributed by atoms with Crippen molar-refractivity contribution in [2.45, 2.75) is 56.4 Å². The molecule has 5 aromatic rings. The Morgan fingerprint density at radius 1 is 0.750 bits per heavy atom. The highest BCUT2D eigenvalue weighted by Gasteiger charge is 2.45. The summed E-state index contributed by atoms with van der Waals surface area (Å²) < 4.78 is 18.2. The molecule has 1 aliphatic carbocycles. The number of methoxy groups -OCH3 is 2. The minimum absolute atomic E-state index is 0.0204. The number of β-amino-alcohol motifs (C(OH)–C–C–N with tert-alkyl or cyclic N) is 1. The van der Waals surface area contributed by atoms with Crippen molar-refractivity contribution in [1.29, 1.82) is 0 Å². The summed E-state index contributed by atoms with van der Waals surface area (Å²) in [6.45, 7) is 4.26. The molecule has 9 nitrogen and oxygen atoms in total. The van der Waals surface area contributed by atoms with Gasteiger partial charge in [0.25, 0.3) is 0 Å². The van der Waals surface area contributed by atoms with E-state index in [-0.39, 0.29) is 43.9 Å². The van der Waals surface area contributed by atoms with Crippen molar-refractivity contribution in [3.63, 3.8) is 0 Å². The van der Waals surface area contributed by atoms with Crippen LogP contribution in [0, 0.1) is 5.92 Å². The molecule has 2 aliphatic rings. The number of carbonyl (C=O) groups excluding carboxylic acids is 1. The van der Waals surface area contributed by atoms with E-state index in [4.69, 9.17) is 14.2 Å². The smallest absolute Gasteiger partial charge is 0.408 e. The third kappa shape index (κ3) is 7.49. The third-order valence-corrected chi connectivity index (χ3v) is 11.3. The van der Waals surface area contributed by atoms with E-state index in [1.807, 2.05) is 129 Å². The van der Waals surface area contributed by atoms with Crippen LogP contribution in [0.15, 0.2) is 127 Å². The van der Waals surface area contributed by atoms with Gasteiger partial charge in [-0.05, 0) is 82.0 Å². The minimum Gasteiger partial charge on any atom is -0.497 e. The van der Waals surface area contributed by atoms with Gasteiger partial charge in [0.15, 0.2) is 0 Å². The van der Waals surface area contributed by atoms with Gasteiger partial charge < -0.3 is 29.3 Å². The van der Waals surface area contributed by atoms with Crippen molar-refractivity contribution in [1.82, 2.24) is 9.80 Å². The number of amides is 2. The van der Waals surface area contributed by atoms with Gasteiger partial charge in [-0.1, -0.05) is 117 Å². The van der Waals surface area contributed by atoms with Gasteiger partial charge in [-0.2, -0.15) is 0 Å². The summed E-state index contributed by atoms with van der Waals surface area (Å²) in [5, 5.41) is 22.0. The van der Waals surface area contributed by atoms with Crippen LogP contribution in [-0.2, 0) is 15.1 Å². The number of carboxylic acid groups (broad SMARTS) is 1. The molecule has 0 saturated carbocycles. The molecule has 1 saturated heterocycles. The molecule has 0 aromatic heterocycles. The second-order valence-corrected chi connectivity index (χ2v) is 15.2. The van der Waals surface area contributed by atoms with Crippen LogP contribution in [0.5, 0.6) is 11.5 Å². The summed E-state index contributed by atoms with van der Waals surface area (Å²) in [5.41, 5.74) is 5.70. The lowest BCUT2D eigenvalue weighted by Gasteiger charge is -2.39. The van der Waals surface area contributed by atoms with Crippen LogP contribution >= 0.6 is 0 Å². The first-order chi connectivity index (χ1) is 27.1. The maximum absolute atomic E-state index is 14.9. The summed E-state index contributed by atoms with van der Waals surface area (Å²) in [7, 11) is 3.25. The standard InChI is InChI=1S/C47H50N2O7/c1-31(2)26-44(49(46(52)53)29-43-41-16-10-8-14-39(41)40-15-9-11-17-42(40)43)45(51)48-28-36(50)27-35(48)30-56-47(32-12-6-5-7-13-32,33-18-22-37(54-3)23-19-33)34-20-24-38(55-4)25-21-34/h5-25,31,35-36,43-44,50H,26-30H2,1-4H3,(H,52,53)/t35-,36+,44-/m0/s1. The van der Waals surface area contributed by atoms with Gasteiger partial charge in [-0.3, -0.25) is 9.69 Å². The van der Waals surface area contributed by atoms with Crippen molar-refractivity contribution in [3.8, 4) is 22.6 Å². The lowest BCUT2D eigenvalue weighted by molar-refractivity contribution is -0.140. The van der Waals surface area contributed by atoms with E-state index in [2.05, 4.69) is 12.1 Å². The summed E-state index contributed by atoms with van der Waals surface area (Å²) >= 11 is 0. The molecule has 0 bridgehead atoms. The van der Waals surface area contributed by atoms with Gasteiger partial charge in [0.2, 0.25) is 5.91 Å². The van der Waals surface area contributed by atoms with E-state index in [1.54, 1.807) is 19.1 Å². The summed E-state index contributed by atoms with van der Waals surface area (Å²) in [5.74, 6) is 0.858. The number of ether oxygens (including phenoxy) is 3. The summed E-state index contributed by atoms with van der Waals surface area (Å²) in [6, 6.07) is 40.1. The Kier molecular flexibility index (Phi) is 11.5. The number of aliphatic hydroxyl groups is 1. The number of nitrogens with zero attached hydrogens (tertiary/aromatic N) is 2. The quantitative estimate of drug-likeness (QED) is 0.110. The van der Waals surface area contributed by atoms with E-state index < -0.39 is 29.9 Å². The van der Waals surface area contributed by atoms with E-state index in [0.717, 1.165) is 38.9 Å². The molecule has 56 heavy (non-hydrogen) atoms. The fourth-order valence-corrected chi connectivity index (χ4v) is 8.61. The highest BCUT2D eigenvalue weighted by atomic mass is 16.5. The predicted octanol–water partition coefficient (Wildman–Crippen LogP) is 8.18. The average molecular weight is 755 g/mol. The molecular weight excluding hydrogens is 705 g/mol. The van der Waals surface area contributed by atoms with Crippen LogP contribution in [0.2, 0.25) is 0 Å². The van der Waals surface area contributed by atoms with Crippen LogP contribution in [0.3, 0.4) is 0 Å². The Hall–Kier alpha value is -5.64. The topological polar surface area (TPSA) is 109 Å². The zero-order valence-electron chi connectivity index (χ0n) is 32.4. The van der Waals surface area contributed by atoms with Crippen LogP contribution in [0.4, 0.5) is 4.79 Å². The maximum atomic E-state index is 14.9. The lowest BCUT2D eigenvalue weighted by atomic mass is 9.80. The number of fused-ring (bicyclic) bond motifs is 3. The van der Waals surface area contributed by atoms with Crippen molar-refractivity contribution in [2.75, 3.05) is 33.9 Å². The molecule has 0 unspecified atom stereocenters. The second-order valence-electron chi connectivity index (χ2n) is 15.2. The van der Waals surface area contributed by atoms with Gasteiger partial charge in [0.1, 0.15) is 23.1 Å². The Labute approximate surface area is 329 Å². The Bertz CT molecular complexity index is 2030. The molecule has 3 atom stereocenters. The number of aliphatic hydroxyl groups excluding tert-OH is 1. The molecule has 2 N–H and O–H groups in total. The van der Waals surface area contributed by atoms with Crippen LogP contribution in [0.25, 0.3) is 11.1 Å². The molecule has 0 spiro atoms. The molecule has 5 aromatic carbocycles. The second kappa shape index (κ2) is 16.6. The highest BCUT2D eigenvalue weighted by Crippen LogP contribution is 2.46. The summed E-state index contributed by atoms with van der Waals surface area (Å²) in [6.07, 6.45) is -1.34. The fraction of sp³-hybridized carbons (Fsp3) is 0.319. The number of benzene rings is 5. The number of rotatable bonds is 14. The first kappa shape index (κ1) is 38.6. The van der Waals surface area contributed by atoms with Crippen molar-refractivity contribution in [2.24, 2.45) is 5.92 Å². The summed E-state index contributed by atoms with van der Waals surface area (Å²) in [4.78, 5) is 31.2. The maximum Gasteiger partial charge on any atom is 0.408 e. The average Bonchev–Trinajstić information content (AvgIpc) is 3.76. The highest BCUT2D eigenvalue weighted by molar-refractivity contribution is 5.86. The van der Waals surface area contributed by atoms with Gasteiger partial charge in [0, 0.05) is 19.0 Å². The van der Waals surface area contributed by atoms with Gasteiger partial charge in [-0.15, -0.1) is 0 Å². The van der Waals surface area contributed by atoms with Crippen molar-refractivity contribution in [3.05, 3.63) is 155 Å². The number of hydrogen-bond acceptors (Lipinski definition) is 6. The SMILES string of the molecule is COc1ccc(C(OC[C@@H]2C[C@@H](O)CN2C(=O)[C@H](CC(C)C)N(CC2c3ccccc3-c3ccccc32)C(=O)O)(c2ccccc2)c2ccc(OC)cc2)cc1. The largest absolute Gasteiger partial charge is 0.497 e. The molecular formula is C47H50N2O7. The Morgan fingerprint density at radius 2 is 1.25 bits per heavy atom. The number of hydrogen-bond donors (Lipinski definition) is 2. The molecule has 2 amide bonds. The number of likely N-dealkylation sites (tertiary alicyclic amines) is 1. The molecule has 290 valence electrons. The van der Waals surface area contributed by atoms with Crippen LogP contribution < -0.4 is 9.47 Å². The Morgan fingerprint density at radius 3 is 1.75 bits per heavy atom. The van der Waals surface area contributed by atoms with Crippen LogP contribution in [0.1, 0.15) is 60.4 Å².